The Bertz CT molecular complexity index is 624. The van der Waals surface area contributed by atoms with Crippen LogP contribution in [-0.4, -0.2) is 28.2 Å². The molecule has 2 aromatic rings. The fourth-order valence-corrected chi connectivity index (χ4v) is 2.06. The molecule has 0 aliphatic heterocycles. The minimum atomic E-state index is -0.554. The number of hydrogen-bond acceptors (Lipinski definition) is 3. The van der Waals surface area contributed by atoms with E-state index >= 15 is 0 Å². The van der Waals surface area contributed by atoms with Gasteiger partial charge in [0.25, 0.3) is 5.91 Å². The van der Waals surface area contributed by atoms with Crippen molar-refractivity contribution in [2.45, 2.75) is 33.4 Å². The first kappa shape index (κ1) is 14.5. The third kappa shape index (κ3) is 2.80. The third-order valence-electron chi connectivity index (χ3n) is 3.05. The molecule has 1 aromatic heterocycles. The van der Waals surface area contributed by atoms with Gasteiger partial charge in [-0.3, -0.25) is 10.1 Å². The van der Waals surface area contributed by atoms with Crippen LogP contribution in [0.2, 0.25) is 0 Å². The number of nitrogens with zero attached hydrogens (tertiary/aromatic N) is 2. The largest absolute Gasteiger partial charge is 0.369 e. The lowest BCUT2D eigenvalue weighted by Crippen LogP contribution is -2.29. The highest BCUT2D eigenvalue weighted by Gasteiger charge is 2.17. The molecular weight excluding hydrogens is 261 g/mol. The number of fused-ring (bicyclic) bond motifs is 1. The summed E-state index contributed by atoms with van der Waals surface area (Å²) in [5, 5.41) is 2.72. The number of ether oxygens (including phenoxy) is 1. The first-order valence-corrected chi connectivity index (χ1v) is 6.65. The van der Waals surface area contributed by atoms with Gasteiger partial charge in [-0.1, -0.05) is 0 Å². The zero-order chi connectivity index (χ0) is 14.7. The van der Waals surface area contributed by atoms with E-state index in [0.29, 0.717) is 24.6 Å². The van der Waals surface area contributed by atoms with Crippen molar-refractivity contribution in [3.8, 4) is 0 Å². The number of amides is 1. The Labute approximate surface area is 116 Å². The highest BCUT2D eigenvalue weighted by atomic mass is 19.1. The molecule has 0 aliphatic carbocycles. The standard InChI is InChI=1S/C14H18FN3O2/c1-4-18-12-7-6-10(15)8-11(12)16-14(18)17-13(19)9(3)20-5-2/h6-9H,4-5H2,1-3H3,(H,16,17,19). The molecule has 0 fully saturated rings. The van der Waals surface area contributed by atoms with Gasteiger partial charge in [-0.15, -0.1) is 0 Å². The highest BCUT2D eigenvalue weighted by molar-refractivity contribution is 5.94. The molecule has 2 rings (SSSR count). The second-order valence-corrected chi connectivity index (χ2v) is 4.40. The number of nitrogens with one attached hydrogen (secondary N) is 1. The Morgan fingerprint density at radius 1 is 1.50 bits per heavy atom. The summed E-state index contributed by atoms with van der Waals surface area (Å²) in [6, 6.07) is 4.39. The average Bonchev–Trinajstić information content (AvgIpc) is 2.74. The molecule has 0 bridgehead atoms. The van der Waals surface area contributed by atoms with Gasteiger partial charge in [-0.25, -0.2) is 9.37 Å². The minimum Gasteiger partial charge on any atom is -0.369 e. The van der Waals surface area contributed by atoms with Crippen LogP contribution in [0.3, 0.4) is 0 Å². The molecule has 20 heavy (non-hydrogen) atoms. The summed E-state index contributed by atoms with van der Waals surface area (Å²) < 4.78 is 20.3. The van der Waals surface area contributed by atoms with E-state index in [4.69, 9.17) is 4.74 Å². The van der Waals surface area contributed by atoms with Gasteiger partial charge in [-0.05, 0) is 32.9 Å². The van der Waals surface area contributed by atoms with Gasteiger partial charge >= 0.3 is 0 Å². The molecule has 1 amide bonds. The number of carbonyl (C=O) groups excluding carboxylic acids is 1. The monoisotopic (exact) mass is 279 g/mol. The van der Waals surface area contributed by atoms with Crippen LogP contribution in [0.4, 0.5) is 10.3 Å². The molecular formula is C14H18FN3O2. The van der Waals surface area contributed by atoms with Crippen LogP contribution in [0.15, 0.2) is 18.2 Å². The van der Waals surface area contributed by atoms with E-state index in [9.17, 15) is 9.18 Å². The summed E-state index contributed by atoms with van der Waals surface area (Å²) in [5.74, 6) is -0.208. The lowest BCUT2D eigenvalue weighted by Gasteiger charge is -2.12. The van der Waals surface area contributed by atoms with Crippen molar-refractivity contribution in [3.63, 3.8) is 0 Å². The molecule has 0 saturated heterocycles. The Balaban J connectivity index is 2.32. The second-order valence-electron chi connectivity index (χ2n) is 4.40. The summed E-state index contributed by atoms with van der Waals surface area (Å²) in [7, 11) is 0. The summed E-state index contributed by atoms with van der Waals surface area (Å²) in [6.07, 6.45) is -0.554. The van der Waals surface area contributed by atoms with Crippen molar-refractivity contribution < 1.29 is 13.9 Å². The first-order valence-electron chi connectivity index (χ1n) is 6.65. The van der Waals surface area contributed by atoms with Gasteiger partial charge in [0, 0.05) is 19.2 Å². The zero-order valence-electron chi connectivity index (χ0n) is 11.8. The van der Waals surface area contributed by atoms with Crippen molar-refractivity contribution >= 4 is 22.9 Å². The molecule has 1 atom stereocenters. The Kier molecular flexibility index (Phi) is 4.34. The van der Waals surface area contributed by atoms with Crippen molar-refractivity contribution in [2.75, 3.05) is 11.9 Å². The lowest BCUT2D eigenvalue weighted by molar-refractivity contribution is -0.126. The van der Waals surface area contributed by atoms with Crippen LogP contribution in [-0.2, 0) is 16.1 Å². The fourth-order valence-electron chi connectivity index (χ4n) is 2.06. The lowest BCUT2D eigenvalue weighted by atomic mass is 10.3. The van der Waals surface area contributed by atoms with Crippen molar-refractivity contribution in [1.82, 2.24) is 9.55 Å². The van der Waals surface area contributed by atoms with Gasteiger partial charge in [0.1, 0.15) is 11.9 Å². The second kappa shape index (κ2) is 6.00. The number of halogens is 1. The summed E-state index contributed by atoms with van der Waals surface area (Å²) >= 11 is 0. The predicted molar refractivity (Wildman–Crippen MR) is 75.1 cm³/mol. The molecule has 0 radical (unpaired) electrons. The highest BCUT2D eigenvalue weighted by Crippen LogP contribution is 2.20. The Morgan fingerprint density at radius 2 is 2.25 bits per heavy atom. The fraction of sp³-hybridized carbons (Fsp3) is 0.429. The van der Waals surface area contributed by atoms with Gasteiger partial charge in [0.2, 0.25) is 5.95 Å². The van der Waals surface area contributed by atoms with Gasteiger partial charge in [0.05, 0.1) is 11.0 Å². The molecule has 1 N–H and O–H groups in total. The van der Waals surface area contributed by atoms with E-state index in [2.05, 4.69) is 10.3 Å². The number of imidazole rings is 1. The number of anilines is 1. The van der Waals surface area contributed by atoms with Gasteiger partial charge < -0.3 is 9.30 Å². The van der Waals surface area contributed by atoms with Gasteiger partial charge in [-0.2, -0.15) is 0 Å². The average molecular weight is 279 g/mol. The van der Waals surface area contributed by atoms with Crippen LogP contribution in [0.1, 0.15) is 20.8 Å². The molecule has 6 heteroatoms. The number of rotatable bonds is 5. The summed E-state index contributed by atoms with van der Waals surface area (Å²) in [5.41, 5.74) is 1.31. The SMILES string of the molecule is CCOC(C)C(=O)Nc1nc2cc(F)ccc2n1CC. The first-order chi connectivity index (χ1) is 9.56. The van der Waals surface area contributed by atoms with Crippen LogP contribution in [0, 0.1) is 5.82 Å². The molecule has 1 aromatic carbocycles. The molecule has 0 saturated carbocycles. The van der Waals surface area contributed by atoms with Gasteiger partial charge in [0.15, 0.2) is 0 Å². The molecule has 0 aliphatic rings. The number of benzene rings is 1. The molecule has 0 spiro atoms. The van der Waals surface area contributed by atoms with E-state index in [0.717, 1.165) is 5.52 Å². The Morgan fingerprint density at radius 3 is 2.90 bits per heavy atom. The number of aromatic nitrogens is 2. The maximum Gasteiger partial charge on any atom is 0.255 e. The smallest absolute Gasteiger partial charge is 0.255 e. The maximum atomic E-state index is 13.2. The van der Waals surface area contributed by atoms with E-state index < -0.39 is 6.10 Å². The van der Waals surface area contributed by atoms with Crippen LogP contribution < -0.4 is 5.32 Å². The summed E-state index contributed by atoms with van der Waals surface area (Å²) in [6.45, 7) is 6.53. The van der Waals surface area contributed by atoms with E-state index in [1.165, 1.54) is 12.1 Å². The van der Waals surface area contributed by atoms with E-state index in [1.54, 1.807) is 13.0 Å². The molecule has 1 unspecified atom stereocenters. The van der Waals surface area contributed by atoms with Crippen molar-refractivity contribution in [3.05, 3.63) is 24.0 Å². The topological polar surface area (TPSA) is 56.1 Å². The maximum absolute atomic E-state index is 13.2. The number of aryl methyl sites for hydroxylation is 1. The van der Waals surface area contributed by atoms with Crippen LogP contribution >= 0.6 is 0 Å². The van der Waals surface area contributed by atoms with Crippen molar-refractivity contribution in [2.24, 2.45) is 0 Å². The normalized spacial score (nSPS) is 12.6. The van der Waals surface area contributed by atoms with Crippen LogP contribution in [0.5, 0.6) is 0 Å². The zero-order valence-corrected chi connectivity index (χ0v) is 11.8. The quantitative estimate of drug-likeness (QED) is 0.915. The minimum absolute atomic E-state index is 0.266. The molecule has 5 nitrogen and oxygen atoms in total. The summed E-state index contributed by atoms with van der Waals surface area (Å²) in [4.78, 5) is 16.2. The van der Waals surface area contributed by atoms with E-state index in [1.807, 2.05) is 18.4 Å². The van der Waals surface area contributed by atoms with Crippen LogP contribution in [0.25, 0.3) is 11.0 Å². The predicted octanol–water partition coefficient (Wildman–Crippen LogP) is 2.56. The van der Waals surface area contributed by atoms with E-state index in [-0.39, 0.29) is 11.7 Å². The third-order valence-corrected chi connectivity index (χ3v) is 3.05. The number of carbonyl (C=O) groups is 1. The molecule has 1 heterocycles. The van der Waals surface area contributed by atoms with Crippen molar-refractivity contribution in [1.29, 1.82) is 0 Å². The molecule has 108 valence electrons. The number of hydrogen-bond donors (Lipinski definition) is 1. The Hall–Kier alpha value is -1.95.